The molecular weight excluding hydrogens is 318 g/mol. The molecule has 0 radical (unpaired) electrons. The Morgan fingerprint density at radius 2 is 2.04 bits per heavy atom. The smallest absolute Gasteiger partial charge is 0.255 e. The summed E-state index contributed by atoms with van der Waals surface area (Å²) in [6.45, 7) is 5.19. The van der Waals surface area contributed by atoms with E-state index in [0.717, 1.165) is 25.1 Å². The Balaban J connectivity index is 1.61. The molecule has 2 aromatic heterocycles. The normalized spacial score (nSPS) is 17.4. The molecule has 1 aliphatic rings. The molecule has 6 heteroatoms. The molecule has 1 aliphatic heterocycles. The van der Waals surface area contributed by atoms with Gasteiger partial charge < -0.3 is 14.4 Å². The Labute approximate surface area is 147 Å². The number of carbonyl (C=O) groups excluding carboxylic acids is 1. The quantitative estimate of drug-likeness (QED) is 0.836. The minimum Gasteiger partial charge on any atom is -0.488 e. The second kappa shape index (κ2) is 7.96. The highest BCUT2D eigenvalue weighted by atomic mass is 16.5. The van der Waals surface area contributed by atoms with Gasteiger partial charge in [0, 0.05) is 31.2 Å². The number of carbonyl (C=O) groups is 1. The molecule has 0 unspecified atom stereocenters. The third-order valence-corrected chi connectivity index (χ3v) is 3.96. The number of aromatic nitrogens is 2. The highest BCUT2D eigenvalue weighted by Gasteiger charge is 2.26. The van der Waals surface area contributed by atoms with Crippen LogP contribution in [0.3, 0.4) is 0 Å². The molecule has 6 nitrogen and oxygen atoms in total. The summed E-state index contributed by atoms with van der Waals surface area (Å²) < 4.78 is 11.5. The Bertz CT molecular complexity index is 689. The molecule has 2 aromatic rings. The van der Waals surface area contributed by atoms with Crippen molar-refractivity contribution in [2.45, 2.75) is 38.9 Å². The van der Waals surface area contributed by atoms with E-state index in [-0.39, 0.29) is 18.1 Å². The predicted molar refractivity (Wildman–Crippen MR) is 93.8 cm³/mol. The van der Waals surface area contributed by atoms with Crippen LogP contribution in [-0.2, 0) is 0 Å². The van der Waals surface area contributed by atoms with Crippen LogP contribution in [0.15, 0.2) is 42.9 Å². The van der Waals surface area contributed by atoms with Crippen molar-refractivity contribution < 1.29 is 14.3 Å². The Hall–Kier alpha value is -2.63. The van der Waals surface area contributed by atoms with E-state index in [4.69, 9.17) is 9.47 Å². The van der Waals surface area contributed by atoms with Gasteiger partial charge in [-0.2, -0.15) is 0 Å². The van der Waals surface area contributed by atoms with Gasteiger partial charge in [0.15, 0.2) is 0 Å². The topological polar surface area (TPSA) is 64.5 Å². The largest absolute Gasteiger partial charge is 0.488 e. The summed E-state index contributed by atoms with van der Waals surface area (Å²) in [4.78, 5) is 22.7. The monoisotopic (exact) mass is 341 g/mol. The van der Waals surface area contributed by atoms with Gasteiger partial charge >= 0.3 is 0 Å². The summed E-state index contributed by atoms with van der Waals surface area (Å²) in [5.74, 6) is 1.29. The third kappa shape index (κ3) is 4.68. The number of hydrogen-bond donors (Lipinski definition) is 0. The second-order valence-electron chi connectivity index (χ2n) is 6.37. The summed E-state index contributed by atoms with van der Waals surface area (Å²) in [7, 11) is 0. The minimum atomic E-state index is -0.0216. The molecule has 1 saturated heterocycles. The molecule has 1 atom stereocenters. The molecule has 0 saturated carbocycles. The van der Waals surface area contributed by atoms with E-state index in [1.165, 1.54) is 0 Å². The van der Waals surface area contributed by atoms with Crippen molar-refractivity contribution in [3.05, 3.63) is 48.4 Å². The van der Waals surface area contributed by atoms with Crippen molar-refractivity contribution in [1.29, 1.82) is 0 Å². The fourth-order valence-corrected chi connectivity index (χ4v) is 2.83. The van der Waals surface area contributed by atoms with Crippen molar-refractivity contribution in [2.75, 3.05) is 13.1 Å². The van der Waals surface area contributed by atoms with Crippen LogP contribution in [0.1, 0.15) is 37.0 Å². The van der Waals surface area contributed by atoms with Crippen molar-refractivity contribution in [2.24, 2.45) is 0 Å². The van der Waals surface area contributed by atoms with Crippen LogP contribution in [-0.4, -0.2) is 46.1 Å². The maximum Gasteiger partial charge on any atom is 0.255 e. The first-order valence-corrected chi connectivity index (χ1v) is 8.60. The molecular formula is C19H23N3O3. The predicted octanol–water partition coefficient (Wildman–Crippen LogP) is 2.95. The lowest BCUT2D eigenvalue weighted by atomic mass is 10.1. The molecule has 1 amide bonds. The number of ether oxygens (including phenoxy) is 2. The van der Waals surface area contributed by atoms with Crippen LogP contribution in [0.5, 0.6) is 11.6 Å². The van der Waals surface area contributed by atoms with Crippen molar-refractivity contribution >= 4 is 5.91 Å². The fraction of sp³-hybridized carbons (Fsp3) is 0.421. The first-order valence-electron chi connectivity index (χ1n) is 8.60. The molecule has 0 aliphatic carbocycles. The van der Waals surface area contributed by atoms with E-state index < -0.39 is 0 Å². The van der Waals surface area contributed by atoms with Gasteiger partial charge in [-0.15, -0.1) is 0 Å². The average molecular weight is 341 g/mol. The van der Waals surface area contributed by atoms with Crippen LogP contribution >= 0.6 is 0 Å². The van der Waals surface area contributed by atoms with Crippen LogP contribution in [0.4, 0.5) is 0 Å². The van der Waals surface area contributed by atoms with Crippen molar-refractivity contribution in [3.8, 4) is 11.6 Å². The molecule has 0 N–H and O–H groups in total. The summed E-state index contributed by atoms with van der Waals surface area (Å²) in [6, 6.07) is 7.17. The molecule has 1 fully saturated rings. The summed E-state index contributed by atoms with van der Waals surface area (Å²) >= 11 is 0. The van der Waals surface area contributed by atoms with Gasteiger partial charge in [-0.05, 0) is 44.9 Å². The molecule has 132 valence electrons. The highest BCUT2D eigenvalue weighted by molar-refractivity contribution is 5.94. The number of hydrogen-bond acceptors (Lipinski definition) is 5. The first kappa shape index (κ1) is 17.2. The molecule has 0 bridgehead atoms. The standard InChI is InChI=1S/C19H23N3O3/c1-14(2)24-18-6-5-15(12-21-18)19(23)22-11-3-4-17(13-22)25-16-7-9-20-10-8-16/h5-10,12,14,17H,3-4,11,13H2,1-2H3/t17-/m1/s1. The molecule has 0 aromatic carbocycles. The lowest BCUT2D eigenvalue weighted by Crippen LogP contribution is -2.44. The Kier molecular flexibility index (Phi) is 5.48. The lowest BCUT2D eigenvalue weighted by Gasteiger charge is -2.33. The van der Waals surface area contributed by atoms with Crippen molar-refractivity contribution in [3.63, 3.8) is 0 Å². The number of amides is 1. The van der Waals surface area contributed by atoms with Crippen LogP contribution in [0.25, 0.3) is 0 Å². The van der Waals surface area contributed by atoms with Gasteiger partial charge in [-0.3, -0.25) is 9.78 Å². The SMILES string of the molecule is CC(C)Oc1ccc(C(=O)N2CCC[C@@H](Oc3ccncc3)C2)cn1. The summed E-state index contributed by atoms with van der Waals surface area (Å²) in [6.07, 6.45) is 6.89. The Morgan fingerprint density at radius 3 is 2.72 bits per heavy atom. The average Bonchev–Trinajstić information content (AvgIpc) is 2.62. The van der Waals surface area contributed by atoms with Crippen LogP contribution in [0, 0.1) is 0 Å². The maximum atomic E-state index is 12.7. The van der Waals surface area contributed by atoms with E-state index >= 15 is 0 Å². The zero-order chi connectivity index (χ0) is 17.6. The van der Waals surface area contributed by atoms with Crippen LogP contribution < -0.4 is 9.47 Å². The van der Waals surface area contributed by atoms with E-state index in [2.05, 4.69) is 9.97 Å². The summed E-state index contributed by atoms with van der Waals surface area (Å²) in [5, 5.41) is 0. The van der Waals surface area contributed by atoms with E-state index in [1.54, 1.807) is 30.7 Å². The van der Waals surface area contributed by atoms with Gasteiger partial charge in [0.25, 0.3) is 5.91 Å². The number of piperidine rings is 1. The zero-order valence-electron chi connectivity index (χ0n) is 14.6. The molecule has 0 spiro atoms. The van der Waals surface area contributed by atoms with Gasteiger partial charge in [0.05, 0.1) is 18.2 Å². The fourth-order valence-electron chi connectivity index (χ4n) is 2.83. The van der Waals surface area contributed by atoms with E-state index in [1.807, 2.05) is 30.9 Å². The second-order valence-corrected chi connectivity index (χ2v) is 6.37. The first-order chi connectivity index (χ1) is 12.1. The molecule has 25 heavy (non-hydrogen) atoms. The number of nitrogens with zero attached hydrogens (tertiary/aromatic N) is 3. The number of rotatable bonds is 5. The lowest BCUT2D eigenvalue weighted by molar-refractivity contribution is 0.0537. The maximum absolute atomic E-state index is 12.7. The van der Waals surface area contributed by atoms with Gasteiger partial charge in [0.1, 0.15) is 11.9 Å². The Morgan fingerprint density at radius 1 is 1.24 bits per heavy atom. The van der Waals surface area contributed by atoms with Crippen molar-refractivity contribution in [1.82, 2.24) is 14.9 Å². The molecule has 3 heterocycles. The van der Waals surface area contributed by atoms with Gasteiger partial charge in [-0.1, -0.05) is 0 Å². The number of pyridine rings is 2. The van der Waals surface area contributed by atoms with E-state index in [0.29, 0.717) is 18.0 Å². The zero-order valence-corrected chi connectivity index (χ0v) is 14.6. The van der Waals surface area contributed by atoms with E-state index in [9.17, 15) is 4.79 Å². The van der Waals surface area contributed by atoms with Gasteiger partial charge in [0.2, 0.25) is 5.88 Å². The minimum absolute atomic E-state index is 0.00314. The highest BCUT2D eigenvalue weighted by Crippen LogP contribution is 2.19. The van der Waals surface area contributed by atoms with Gasteiger partial charge in [-0.25, -0.2) is 4.98 Å². The summed E-state index contributed by atoms with van der Waals surface area (Å²) in [5.41, 5.74) is 0.570. The van der Waals surface area contributed by atoms with Crippen LogP contribution in [0.2, 0.25) is 0 Å². The molecule has 3 rings (SSSR count). The number of likely N-dealkylation sites (tertiary alicyclic amines) is 1. The third-order valence-electron chi connectivity index (χ3n) is 3.96.